The van der Waals surface area contributed by atoms with Gasteiger partial charge < -0.3 is 5.32 Å². The molecule has 3 aromatic rings. The predicted molar refractivity (Wildman–Crippen MR) is 89.9 cm³/mol. The third-order valence-corrected chi connectivity index (χ3v) is 3.86. The number of benzene rings is 2. The molecule has 21 heavy (non-hydrogen) atoms. The maximum Gasteiger partial charge on any atom is 0.0934 e. The summed E-state index contributed by atoms with van der Waals surface area (Å²) in [5, 5.41) is 5.25. The van der Waals surface area contributed by atoms with Crippen molar-refractivity contribution in [2.24, 2.45) is 0 Å². The maximum atomic E-state index is 6.20. The van der Waals surface area contributed by atoms with Crippen LogP contribution >= 0.6 is 11.6 Å². The van der Waals surface area contributed by atoms with Crippen molar-refractivity contribution in [2.75, 3.05) is 5.32 Å². The molecular formula is C18H17ClN2. The van der Waals surface area contributed by atoms with Crippen LogP contribution in [0.4, 0.5) is 5.69 Å². The van der Waals surface area contributed by atoms with Crippen molar-refractivity contribution >= 4 is 28.2 Å². The second kappa shape index (κ2) is 6.15. The molecule has 106 valence electrons. The van der Waals surface area contributed by atoms with Crippen molar-refractivity contribution in [1.29, 1.82) is 0 Å². The minimum absolute atomic E-state index is 0.724. The molecule has 0 aliphatic rings. The lowest BCUT2D eigenvalue weighted by molar-refractivity contribution is 1.04. The van der Waals surface area contributed by atoms with E-state index in [9.17, 15) is 0 Å². The van der Waals surface area contributed by atoms with Crippen LogP contribution in [0.5, 0.6) is 0 Å². The quantitative estimate of drug-likeness (QED) is 0.727. The number of aromatic nitrogens is 1. The monoisotopic (exact) mass is 296 g/mol. The third kappa shape index (κ3) is 3.01. The van der Waals surface area contributed by atoms with E-state index in [0.29, 0.717) is 0 Å². The molecule has 3 heteroatoms. The van der Waals surface area contributed by atoms with Crippen molar-refractivity contribution in [3.05, 3.63) is 70.9 Å². The van der Waals surface area contributed by atoms with Gasteiger partial charge in [0, 0.05) is 23.2 Å². The third-order valence-electron chi connectivity index (χ3n) is 3.64. The summed E-state index contributed by atoms with van der Waals surface area (Å²) in [4.78, 5) is 4.46. The Kier molecular flexibility index (Phi) is 4.07. The van der Waals surface area contributed by atoms with E-state index >= 15 is 0 Å². The van der Waals surface area contributed by atoms with Gasteiger partial charge in [-0.25, -0.2) is 0 Å². The summed E-state index contributed by atoms with van der Waals surface area (Å²) >= 11 is 6.20. The van der Waals surface area contributed by atoms with Gasteiger partial charge in [-0.1, -0.05) is 48.9 Å². The Balaban J connectivity index is 1.92. The van der Waals surface area contributed by atoms with Crippen LogP contribution in [0, 0.1) is 0 Å². The number of nitrogens with one attached hydrogen (secondary N) is 1. The molecule has 0 unspecified atom stereocenters. The van der Waals surface area contributed by atoms with Gasteiger partial charge in [0.05, 0.1) is 11.2 Å². The van der Waals surface area contributed by atoms with Crippen LogP contribution in [-0.4, -0.2) is 4.98 Å². The molecule has 1 heterocycles. The van der Waals surface area contributed by atoms with Gasteiger partial charge in [0.25, 0.3) is 0 Å². The summed E-state index contributed by atoms with van der Waals surface area (Å²) in [7, 11) is 0. The summed E-state index contributed by atoms with van der Waals surface area (Å²) in [6, 6.07) is 16.3. The van der Waals surface area contributed by atoms with Gasteiger partial charge >= 0.3 is 0 Å². The largest absolute Gasteiger partial charge is 0.379 e. The molecule has 2 nitrogen and oxygen atoms in total. The smallest absolute Gasteiger partial charge is 0.0934 e. The Morgan fingerprint density at radius 1 is 1.05 bits per heavy atom. The predicted octanol–water partition coefficient (Wildman–Crippen LogP) is 5.06. The van der Waals surface area contributed by atoms with E-state index in [1.54, 1.807) is 6.20 Å². The van der Waals surface area contributed by atoms with Crippen molar-refractivity contribution in [1.82, 2.24) is 4.98 Å². The van der Waals surface area contributed by atoms with Crippen LogP contribution in [0.15, 0.2) is 54.7 Å². The standard InChI is InChI=1S/C18H17ClN2/c1-2-13-6-3-4-7-15(13)12-21-17-11-16(19)10-14-8-5-9-20-18(14)17/h3-11,21H,2,12H2,1H3. The van der Waals surface area contributed by atoms with Gasteiger partial charge in [-0.2, -0.15) is 0 Å². The summed E-state index contributed by atoms with van der Waals surface area (Å²) in [6.07, 6.45) is 2.84. The molecule has 1 aromatic heterocycles. The fourth-order valence-electron chi connectivity index (χ4n) is 2.56. The number of pyridine rings is 1. The minimum atomic E-state index is 0.724. The van der Waals surface area contributed by atoms with Gasteiger partial charge in [-0.3, -0.25) is 4.98 Å². The SMILES string of the molecule is CCc1ccccc1CNc1cc(Cl)cc2cccnc12. The van der Waals surface area contributed by atoms with Crippen LogP contribution in [0.1, 0.15) is 18.1 Å². The normalized spacial score (nSPS) is 10.8. The summed E-state index contributed by atoms with van der Waals surface area (Å²) in [5.41, 5.74) is 4.60. The van der Waals surface area contributed by atoms with Gasteiger partial charge in [-0.15, -0.1) is 0 Å². The van der Waals surface area contributed by atoms with Crippen LogP contribution in [0.3, 0.4) is 0 Å². The molecule has 0 spiro atoms. The highest BCUT2D eigenvalue weighted by molar-refractivity contribution is 6.31. The molecule has 2 aromatic carbocycles. The summed E-state index contributed by atoms with van der Waals surface area (Å²) in [6.45, 7) is 2.95. The Labute approximate surface area is 129 Å². The minimum Gasteiger partial charge on any atom is -0.379 e. The first-order valence-corrected chi connectivity index (χ1v) is 7.50. The fourth-order valence-corrected chi connectivity index (χ4v) is 2.78. The van der Waals surface area contributed by atoms with E-state index in [-0.39, 0.29) is 0 Å². The van der Waals surface area contributed by atoms with Crippen molar-refractivity contribution in [3.8, 4) is 0 Å². The molecule has 0 fully saturated rings. The Bertz CT molecular complexity index is 768. The fraction of sp³-hybridized carbons (Fsp3) is 0.167. The number of nitrogens with zero attached hydrogens (tertiary/aromatic N) is 1. The first-order chi connectivity index (χ1) is 10.3. The zero-order chi connectivity index (χ0) is 14.7. The molecule has 0 radical (unpaired) electrons. The average molecular weight is 297 g/mol. The number of halogens is 1. The summed E-state index contributed by atoms with van der Waals surface area (Å²) in [5.74, 6) is 0. The number of hydrogen-bond acceptors (Lipinski definition) is 2. The van der Waals surface area contributed by atoms with E-state index < -0.39 is 0 Å². The van der Waals surface area contributed by atoms with E-state index in [1.807, 2.05) is 24.3 Å². The molecule has 0 amide bonds. The van der Waals surface area contributed by atoms with Gasteiger partial charge in [-0.05, 0) is 35.7 Å². The maximum absolute atomic E-state index is 6.20. The van der Waals surface area contributed by atoms with Gasteiger partial charge in [0.1, 0.15) is 0 Å². The Hall–Kier alpha value is -2.06. The lowest BCUT2D eigenvalue weighted by Crippen LogP contribution is -2.03. The number of fused-ring (bicyclic) bond motifs is 1. The topological polar surface area (TPSA) is 24.9 Å². The lowest BCUT2D eigenvalue weighted by Gasteiger charge is -2.12. The Morgan fingerprint density at radius 2 is 1.86 bits per heavy atom. The van der Waals surface area contributed by atoms with Crippen LogP contribution < -0.4 is 5.32 Å². The van der Waals surface area contributed by atoms with Crippen LogP contribution in [0.2, 0.25) is 5.02 Å². The molecule has 0 aliphatic heterocycles. The van der Waals surface area contributed by atoms with Gasteiger partial charge in [0.15, 0.2) is 0 Å². The number of aryl methyl sites for hydroxylation is 1. The van der Waals surface area contributed by atoms with Crippen LogP contribution in [-0.2, 0) is 13.0 Å². The molecule has 0 saturated heterocycles. The number of anilines is 1. The highest BCUT2D eigenvalue weighted by atomic mass is 35.5. The molecule has 0 aliphatic carbocycles. The second-order valence-corrected chi connectivity index (χ2v) is 5.44. The summed E-state index contributed by atoms with van der Waals surface area (Å²) < 4.78 is 0. The zero-order valence-corrected chi connectivity index (χ0v) is 12.7. The average Bonchev–Trinajstić information content (AvgIpc) is 2.52. The molecule has 0 atom stereocenters. The number of rotatable bonds is 4. The van der Waals surface area contributed by atoms with Crippen molar-refractivity contribution in [3.63, 3.8) is 0 Å². The molecule has 1 N–H and O–H groups in total. The molecular weight excluding hydrogens is 280 g/mol. The highest BCUT2D eigenvalue weighted by Crippen LogP contribution is 2.27. The van der Waals surface area contributed by atoms with Crippen molar-refractivity contribution in [2.45, 2.75) is 19.9 Å². The van der Waals surface area contributed by atoms with Crippen molar-refractivity contribution < 1.29 is 0 Å². The number of hydrogen-bond donors (Lipinski definition) is 1. The van der Waals surface area contributed by atoms with E-state index in [4.69, 9.17) is 11.6 Å². The molecule has 0 saturated carbocycles. The second-order valence-electron chi connectivity index (χ2n) is 5.00. The van der Waals surface area contributed by atoms with Crippen LogP contribution in [0.25, 0.3) is 10.9 Å². The highest BCUT2D eigenvalue weighted by Gasteiger charge is 2.05. The zero-order valence-electron chi connectivity index (χ0n) is 11.9. The van der Waals surface area contributed by atoms with Gasteiger partial charge in [0.2, 0.25) is 0 Å². The molecule has 0 bridgehead atoms. The first kappa shape index (κ1) is 13.9. The molecule has 3 rings (SSSR count). The van der Waals surface area contributed by atoms with E-state index in [1.165, 1.54) is 11.1 Å². The first-order valence-electron chi connectivity index (χ1n) is 7.13. The van der Waals surface area contributed by atoms with E-state index in [2.05, 4.69) is 41.5 Å². The lowest BCUT2D eigenvalue weighted by atomic mass is 10.1. The van der Waals surface area contributed by atoms with E-state index in [0.717, 1.165) is 34.6 Å². The Morgan fingerprint density at radius 3 is 2.67 bits per heavy atom.